The number of carboxylic acids is 1. The van der Waals surface area contributed by atoms with Gasteiger partial charge in [0.25, 0.3) is 0 Å². The van der Waals surface area contributed by atoms with E-state index in [1.807, 2.05) is 13.8 Å². The van der Waals surface area contributed by atoms with Gasteiger partial charge >= 0.3 is 12.0 Å². The second-order valence-electron chi connectivity index (χ2n) is 5.74. The number of urea groups is 1. The van der Waals surface area contributed by atoms with Gasteiger partial charge in [-0.3, -0.25) is 4.90 Å². The minimum absolute atomic E-state index is 0.0214. The van der Waals surface area contributed by atoms with Gasteiger partial charge in [0, 0.05) is 11.8 Å². The Morgan fingerprint density at radius 3 is 2.60 bits per heavy atom. The highest BCUT2D eigenvalue weighted by Gasteiger charge is 2.41. The van der Waals surface area contributed by atoms with Gasteiger partial charge in [-0.15, -0.1) is 11.8 Å². The molecule has 1 saturated heterocycles. The Kier molecular flexibility index (Phi) is 5.18. The van der Waals surface area contributed by atoms with E-state index < -0.39 is 12.0 Å². The molecule has 2 rings (SSSR count). The van der Waals surface area contributed by atoms with Crippen LogP contribution < -0.4 is 5.32 Å². The minimum atomic E-state index is -0.905. The average molecular weight is 300 g/mol. The number of carboxylic acid groups (broad SMARTS) is 1. The van der Waals surface area contributed by atoms with Crippen LogP contribution in [0.15, 0.2) is 0 Å². The van der Waals surface area contributed by atoms with Crippen LogP contribution in [0.3, 0.4) is 0 Å². The molecule has 0 bridgehead atoms. The van der Waals surface area contributed by atoms with Crippen LogP contribution in [-0.4, -0.2) is 45.2 Å². The monoisotopic (exact) mass is 300 g/mol. The maximum atomic E-state index is 12.4. The van der Waals surface area contributed by atoms with Crippen molar-refractivity contribution in [3.05, 3.63) is 0 Å². The summed E-state index contributed by atoms with van der Waals surface area (Å²) >= 11 is 1.56. The Balaban J connectivity index is 1.99. The first kappa shape index (κ1) is 15.5. The van der Waals surface area contributed by atoms with E-state index in [2.05, 4.69) is 5.32 Å². The van der Waals surface area contributed by atoms with E-state index in [9.17, 15) is 14.7 Å². The Hall–Kier alpha value is -0.910. The van der Waals surface area contributed by atoms with E-state index in [0.29, 0.717) is 11.7 Å². The average Bonchev–Trinajstić information content (AvgIpc) is 3.07. The van der Waals surface area contributed by atoms with Gasteiger partial charge in [-0.1, -0.05) is 19.8 Å². The lowest BCUT2D eigenvalue weighted by Gasteiger charge is -2.30. The lowest BCUT2D eigenvalue weighted by molar-refractivity contribution is -0.141. The number of nitrogens with one attached hydrogen (secondary N) is 1. The third kappa shape index (κ3) is 3.22. The molecule has 1 saturated carbocycles. The van der Waals surface area contributed by atoms with Crippen molar-refractivity contribution in [3.8, 4) is 0 Å². The van der Waals surface area contributed by atoms with Crippen molar-refractivity contribution in [1.82, 2.24) is 10.2 Å². The van der Waals surface area contributed by atoms with Crippen LogP contribution in [0, 0.1) is 5.92 Å². The van der Waals surface area contributed by atoms with Crippen molar-refractivity contribution in [3.63, 3.8) is 0 Å². The standard InChI is InChI=1S/C14H24N2O3S/c1-3-12-16(11(8-20-12)13(17)18)14(19)15-9(2)10-6-4-5-7-10/h9-12H,3-8H2,1-2H3,(H,15,19)(H,17,18). The lowest BCUT2D eigenvalue weighted by atomic mass is 10.00. The van der Waals surface area contributed by atoms with Gasteiger partial charge in [-0.05, 0) is 32.1 Å². The SMILES string of the molecule is CCC1SCC(C(=O)O)N1C(=O)NC(C)C1CCCC1. The van der Waals surface area contributed by atoms with Crippen LogP contribution in [0.5, 0.6) is 0 Å². The van der Waals surface area contributed by atoms with Crippen molar-refractivity contribution in [1.29, 1.82) is 0 Å². The quantitative estimate of drug-likeness (QED) is 0.837. The van der Waals surface area contributed by atoms with Gasteiger partial charge in [0.2, 0.25) is 0 Å². The van der Waals surface area contributed by atoms with Crippen LogP contribution in [-0.2, 0) is 4.79 Å². The molecule has 1 aliphatic heterocycles. The Bertz CT molecular complexity index is 371. The molecule has 0 aromatic rings. The number of thioether (sulfide) groups is 1. The molecule has 2 N–H and O–H groups in total. The highest BCUT2D eigenvalue weighted by atomic mass is 32.2. The summed E-state index contributed by atoms with van der Waals surface area (Å²) in [4.78, 5) is 25.2. The van der Waals surface area contributed by atoms with Crippen molar-refractivity contribution >= 4 is 23.8 Å². The fraction of sp³-hybridized carbons (Fsp3) is 0.857. The number of hydrogen-bond acceptors (Lipinski definition) is 3. The molecule has 3 atom stereocenters. The third-order valence-corrected chi connectivity index (χ3v) is 5.87. The van der Waals surface area contributed by atoms with Crippen molar-refractivity contribution in [2.75, 3.05) is 5.75 Å². The lowest BCUT2D eigenvalue weighted by Crippen LogP contribution is -2.52. The summed E-state index contributed by atoms with van der Waals surface area (Å²) < 4.78 is 0. The molecular weight excluding hydrogens is 276 g/mol. The molecule has 0 aromatic carbocycles. The van der Waals surface area contributed by atoms with Crippen molar-refractivity contribution in [2.45, 2.75) is 63.4 Å². The molecular formula is C14H24N2O3S. The largest absolute Gasteiger partial charge is 0.480 e. The Labute approximate surface area is 124 Å². The molecule has 2 fully saturated rings. The first-order valence-corrected chi connectivity index (χ1v) is 8.52. The summed E-state index contributed by atoms with van der Waals surface area (Å²) in [5, 5.41) is 12.3. The van der Waals surface area contributed by atoms with E-state index in [1.165, 1.54) is 17.7 Å². The molecule has 0 aromatic heterocycles. The normalized spacial score (nSPS) is 28.6. The zero-order chi connectivity index (χ0) is 14.7. The second kappa shape index (κ2) is 6.70. The molecule has 1 aliphatic carbocycles. The molecule has 2 aliphatic rings. The molecule has 114 valence electrons. The molecule has 0 spiro atoms. The van der Waals surface area contributed by atoms with Crippen LogP contribution in [0.1, 0.15) is 46.0 Å². The van der Waals surface area contributed by atoms with E-state index >= 15 is 0 Å². The molecule has 20 heavy (non-hydrogen) atoms. The Morgan fingerprint density at radius 1 is 1.40 bits per heavy atom. The van der Waals surface area contributed by atoms with Gasteiger partial charge in [-0.2, -0.15) is 0 Å². The van der Waals surface area contributed by atoms with E-state index in [4.69, 9.17) is 0 Å². The topological polar surface area (TPSA) is 69.6 Å². The van der Waals surface area contributed by atoms with Gasteiger partial charge in [0.15, 0.2) is 0 Å². The van der Waals surface area contributed by atoms with Crippen LogP contribution in [0.4, 0.5) is 4.79 Å². The van der Waals surface area contributed by atoms with Gasteiger partial charge < -0.3 is 10.4 Å². The number of aliphatic carboxylic acids is 1. The number of carbonyl (C=O) groups excluding carboxylic acids is 1. The molecule has 1 heterocycles. The molecule has 5 nitrogen and oxygen atoms in total. The second-order valence-corrected chi connectivity index (χ2v) is 6.95. The highest BCUT2D eigenvalue weighted by molar-refractivity contribution is 8.00. The fourth-order valence-corrected chi connectivity index (χ4v) is 4.53. The summed E-state index contributed by atoms with van der Waals surface area (Å²) in [5.41, 5.74) is 0. The number of nitrogens with zero attached hydrogens (tertiary/aromatic N) is 1. The zero-order valence-corrected chi connectivity index (χ0v) is 13.0. The first-order valence-electron chi connectivity index (χ1n) is 7.47. The predicted molar refractivity (Wildman–Crippen MR) is 79.8 cm³/mol. The summed E-state index contributed by atoms with van der Waals surface area (Å²) in [6, 6.07) is -0.781. The number of hydrogen-bond donors (Lipinski definition) is 2. The maximum Gasteiger partial charge on any atom is 0.327 e. The minimum Gasteiger partial charge on any atom is -0.480 e. The summed E-state index contributed by atoms with van der Waals surface area (Å²) in [5.74, 6) is 0.119. The fourth-order valence-electron chi connectivity index (χ4n) is 3.19. The molecule has 6 heteroatoms. The van der Waals surface area contributed by atoms with Crippen LogP contribution in [0.25, 0.3) is 0 Å². The third-order valence-electron chi connectivity index (χ3n) is 4.42. The van der Waals surface area contributed by atoms with Crippen molar-refractivity contribution < 1.29 is 14.7 Å². The highest BCUT2D eigenvalue weighted by Crippen LogP contribution is 2.32. The number of amides is 2. The van der Waals surface area contributed by atoms with Crippen LogP contribution >= 0.6 is 11.8 Å². The van der Waals surface area contributed by atoms with E-state index in [-0.39, 0.29) is 17.4 Å². The maximum absolute atomic E-state index is 12.4. The Morgan fingerprint density at radius 2 is 2.05 bits per heavy atom. The summed E-state index contributed by atoms with van der Waals surface area (Å²) in [6.45, 7) is 4.02. The number of rotatable bonds is 4. The zero-order valence-electron chi connectivity index (χ0n) is 12.2. The summed E-state index contributed by atoms with van der Waals surface area (Å²) in [6.07, 6.45) is 5.57. The molecule has 2 amide bonds. The van der Waals surface area contributed by atoms with Gasteiger partial charge in [-0.25, -0.2) is 9.59 Å². The van der Waals surface area contributed by atoms with E-state index in [1.54, 1.807) is 11.8 Å². The molecule has 3 unspecified atom stereocenters. The number of carbonyl (C=O) groups is 2. The molecule has 0 radical (unpaired) electrons. The van der Waals surface area contributed by atoms with E-state index in [0.717, 1.165) is 19.3 Å². The smallest absolute Gasteiger partial charge is 0.327 e. The predicted octanol–water partition coefficient (Wildman–Crippen LogP) is 2.51. The first-order chi connectivity index (χ1) is 9.54. The summed E-state index contributed by atoms with van der Waals surface area (Å²) in [7, 11) is 0. The van der Waals surface area contributed by atoms with Gasteiger partial charge in [0.1, 0.15) is 6.04 Å². The van der Waals surface area contributed by atoms with Crippen LogP contribution in [0.2, 0.25) is 0 Å². The van der Waals surface area contributed by atoms with Gasteiger partial charge in [0.05, 0.1) is 5.37 Å². The van der Waals surface area contributed by atoms with Crippen molar-refractivity contribution in [2.24, 2.45) is 5.92 Å².